The molecular formula is C16H18FNO2. The molecule has 0 aromatic heterocycles. The van der Waals surface area contributed by atoms with Crippen LogP contribution in [0.25, 0.3) is 0 Å². The molecule has 0 saturated carbocycles. The Kier molecular flexibility index (Phi) is 5.09. The summed E-state index contributed by atoms with van der Waals surface area (Å²) < 4.78 is 23.8. The Balaban J connectivity index is 1.92. The molecule has 0 aliphatic rings. The average Bonchev–Trinajstić information content (AvgIpc) is 2.49. The van der Waals surface area contributed by atoms with Crippen molar-refractivity contribution in [1.82, 2.24) is 0 Å². The molecule has 2 aromatic carbocycles. The summed E-state index contributed by atoms with van der Waals surface area (Å²) in [5.41, 5.74) is 8.35. The van der Waals surface area contributed by atoms with E-state index in [4.69, 9.17) is 15.2 Å². The summed E-state index contributed by atoms with van der Waals surface area (Å²) in [4.78, 5) is 0. The zero-order valence-electron chi connectivity index (χ0n) is 11.4. The molecule has 0 amide bonds. The van der Waals surface area contributed by atoms with E-state index in [1.807, 2.05) is 24.3 Å². The van der Waals surface area contributed by atoms with E-state index in [2.05, 4.69) is 0 Å². The van der Waals surface area contributed by atoms with Gasteiger partial charge in [0.25, 0.3) is 0 Å². The number of hydrogen-bond donors (Lipinski definition) is 1. The standard InChI is InChI=1S/C16H18FNO2/c1-19-16-6-2-12(3-7-16)10-20-11-13-4-5-15(17)8-14(13)9-18/h2-8H,9-11,18H2,1H3. The van der Waals surface area contributed by atoms with Gasteiger partial charge < -0.3 is 15.2 Å². The van der Waals surface area contributed by atoms with Crippen molar-refractivity contribution < 1.29 is 13.9 Å². The minimum atomic E-state index is -0.274. The summed E-state index contributed by atoms with van der Waals surface area (Å²) in [6.07, 6.45) is 0. The van der Waals surface area contributed by atoms with E-state index in [0.29, 0.717) is 19.8 Å². The molecule has 0 fully saturated rings. The zero-order valence-corrected chi connectivity index (χ0v) is 11.4. The van der Waals surface area contributed by atoms with Crippen LogP contribution in [0.1, 0.15) is 16.7 Å². The number of rotatable bonds is 6. The molecule has 0 aliphatic heterocycles. The Morgan fingerprint density at radius 1 is 1.00 bits per heavy atom. The number of benzene rings is 2. The lowest BCUT2D eigenvalue weighted by Crippen LogP contribution is -2.04. The summed E-state index contributed by atoms with van der Waals surface area (Å²) in [6.45, 7) is 1.21. The first-order valence-corrected chi connectivity index (χ1v) is 6.41. The topological polar surface area (TPSA) is 44.5 Å². The number of methoxy groups -OCH3 is 1. The Labute approximate surface area is 118 Å². The Morgan fingerprint density at radius 2 is 1.75 bits per heavy atom. The smallest absolute Gasteiger partial charge is 0.123 e. The van der Waals surface area contributed by atoms with E-state index in [-0.39, 0.29) is 5.82 Å². The van der Waals surface area contributed by atoms with Crippen LogP contribution in [0.15, 0.2) is 42.5 Å². The van der Waals surface area contributed by atoms with Gasteiger partial charge in [-0.2, -0.15) is 0 Å². The second kappa shape index (κ2) is 7.03. The fraction of sp³-hybridized carbons (Fsp3) is 0.250. The first-order chi connectivity index (χ1) is 9.72. The van der Waals surface area contributed by atoms with E-state index in [9.17, 15) is 4.39 Å². The number of ether oxygens (including phenoxy) is 2. The maximum Gasteiger partial charge on any atom is 0.123 e. The first kappa shape index (κ1) is 14.5. The highest BCUT2D eigenvalue weighted by Gasteiger charge is 2.03. The van der Waals surface area contributed by atoms with Crippen molar-refractivity contribution in [2.24, 2.45) is 5.73 Å². The third-order valence-electron chi connectivity index (χ3n) is 3.07. The molecule has 0 spiro atoms. The van der Waals surface area contributed by atoms with Gasteiger partial charge in [-0.3, -0.25) is 0 Å². The second-order valence-corrected chi connectivity index (χ2v) is 4.46. The highest BCUT2D eigenvalue weighted by molar-refractivity contribution is 5.28. The van der Waals surface area contributed by atoms with Crippen LogP contribution in [0.3, 0.4) is 0 Å². The van der Waals surface area contributed by atoms with Gasteiger partial charge in [-0.15, -0.1) is 0 Å². The number of hydrogen-bond acceptors (Lipinski definition) is 3. The van der Waals surface area contributed by atoms with Crippen LogP contribution < -0.4 is 10.5 Å². The van der Waals surface area contributed by atoms with Crippen molar-refractivity contribution in [1.29, 1.82) is 0 Å². The molecule has 0 atom stereocenters. The first-order valence-electron chi connectivity index (χ1n) is 6.41. The predicted octanol–water partition coefficient (Wildman–Crippen LogP) is 3.01. The largest absolute Gasteiger partial charge is 0.497 e. The van der Waals surface area contributed by atoms with Gasteiger partial charge in [0.05, 0.1) is 20.3 Å². The van der Waals surface area contributed by atoms with Crippen molar-refractivity contribution in [2.75, 3.05) is 7.11 Å². The highest BCUT2D eigenvalue weighted by atomic mass is 19.1. The van der Waals surface area contributed by atoms with Crippen molar-refractivity contribution >= 4 is 0 Å². The lowest BCUT2D eigenvalue weighted by molar-refractivity contribution is 0.106. The Hall–Kier alpha value is -1.91. The van der Waals surface area contributed by atoms with Gasteiger partial charge in [-0.05, 0) is 41.0 Å². The minimum Gasteiger partial charge on any atom is -0.497 e. The molecule has 0 aliphatic carbocycles. The van der Waals surface area contributed by atoms with E-state index in [1.165, 1.54) is 12.1 Å². The van der Waals surface area contributed by atoms with Gasteiger partial charge in [0, 0.05) is 6.54 Å². The number of halogens is 1. The molecule has 4 heteroatoms. The molecule has 0 radical (unpaired) electrons. The van der Waals surface area contributed by atoms with Crippen LogP contribution in [0, 0.1) is 5.82 Å². The van der Waals surface area contributed by atoms with E-state index < -0.39 is 0 Å². The third-order valence-corrected chi connectivity index (χ3v) is 3.07. The Bertz CT molecular complexity index is 555. The summed E-state index contributed by atoms with van der Waals surface area (Å²) in [5.74, 6) is 0.544. The van der Waals surface area contributed by atoms with Gasteiger partial charge in [0.15, 0.2) is 0 Å². The fourth-order valence-electron chi connectivity index (χ4n) is 1.93. The highest BCUT2D eigenvalue weighted by Crippen LogP contribution is 2.15. The van der Waals surface area contributed by atoms with Gasteiger partial charge >= 0.3 is 0 Å². The molecule has 20 heavy (non-hydrogen) atoms. The van der Waals surface area contributed by atoms with Gasteiger partial charge in [-0.1, -0.05) is 18.2 Å². The summed E-state index contributed by atoms with van der Waals surface area (Å²) in [7, 11) is 1.63. The molecule has 2 N–H and O–H groups in total. The normalized spacial score (nSPS) is 10.6. The maximum atomic E-state index is 13.1. The lowest BCUT2D eigenvalue weighted by Gasteiger charge is -2.09. The molecule has 2 aromatic rings. The maximum absolute atomic E-state index is 13.1. The van der Waals surface area contributed by atoms with Crippen LogP contribution in [-0.4, -0.2) is 7.11 Å². The van der Waals surface area contributed by atoms with Crippen LogP contribution in [0.2, 0.25) is 0 Å². The van der Waals surface area contributed by atoms with E-state index >= 15 is 0 Å². The van der Waals surface area contributed by atoms with Crippen LogP contribution in [0.5, 0.6) is 5.75 Å². The van der Waals surface area contributed by atoms with Crippen molar-refractivity contribution in [3.8, 4) is 5.75 Å². The quantitative estimate of drug-likeness (QED) is 0.881. The van der Waals surface area contributed by atoms with Crippen LogP contribution in [-0.2, 0) is 24.5 Å². The monoisotopic (exact) mass is 275 g/mol. The third kappa shape index (κ3) is 3.79. The predicted molar refractivity (Wildman–Crippen MR) is 75.8 cm³/mol. The Morgan fingerprint density at radius 3 is 2.40 bits per heavy atom. The summed E-state index contributed by atoms with van der Waals surface area (Å²) in [5, 5.41) is 0. The second-order valence-electron chi connectivity index (χ2n) is 4.46. The van der Waals surface area contributed by atoms with E-state index in [0.717, 1.165) is 22.4 Å². The minimum absolute atomic E-state index is 0.274. The molecule has 0 saturated heterocycles. The average molecular weight is 275 g/mol. The lowest BCUT2D eigenvalue weighted by atomic mass is 10.1. The van der Waals surface area contributed by atoms with Crippen molar-refractivity contribution in [2.45, 2.75) is 19.8 Å². The summed E-state index contributed by atoms with van der Waals surface area (Å²) >= 11 is 0. The summed E-state index contributed by atoms with van der Waals surface area (Å²) in [6, 6.07) is 12.3. The SMILES string of the molecule is COc1ccc(COCc2ccc(F)cc2CN)cc1. The van der Waals surface area contributed by atoms with Gasteiger partial charge in [0.1, 0.15) is 11.6 Å². The van der Waals surface area contributed by atoms with Crippen molar-refractivity contribution in [3.05, 3.63) is 65.0 Å². The zero-order chi connectivity index (χ0) is 14.4. The molecule has 2 rings (SSSR count). The molecule has 0 heterocycles. The molecular weight excluding hydrogens is 257 g/mol. The fourth-order valence-corrected chi connectivity index (χ4v) is 1.93. The van der Waals surface area contributed by atoms with Gasteiger partial charge in [-0.25, -0.2) is 4.39 Å². The number of nitrogens with two attached hydrogens (primary N) is 1. The van der Waals surface area contributed by atoms with Crippen molar-refractivity contribution in [3.63, 3.8) is 0 Å². The molecule has 3 nitrogen and oxygen atoms in total. The van der Waals surface area contributed by atoms with Crippen LogP contribution >= 0.6 is 0 Å². The van der Waals surface area contributed by atoms with Crippen LogP contribution in [0.4, 0.5) is 4.39 Å². The molecule has 0 bridgehead atoms. The van der Waals surface area contributed by atoms with E-state index in [1.54, 1.807) is 13.2 Å². The molecule has 0 unspecified atom stereocenters. The van der Waals surface area contributed by atoms with Gasteiger partial charge in [0.2, 0.25) is 0 Å². The molecule has 106 valence electrons.